The summed E-state index contributed by atoms with van der Waals surface area (Å²) in [6, 6.07) is 7.67. The second-order valence-corrected chi connectivity index (χ2v) is 8.27. The van der Waals surface area contributed by atoms with Crippen molar-refractivity contribution in [1.29, 1.82) is 0 Å². The SMILES string of the molecule is CCc1cc(O)ccc1N=C(N)c1cnn2cc(-c3cn[nH]c3)cc2c1NC1CCCC1. The Kier molecular flexibility index (Phi) is 5.26. The van der Waals surface area contributed by atoms with Crippen molar-refractivity contribution >= 4 is 22.7 Å². The third-order valence-electron chi connectivity index (χ3n) is 6.13. The number of aliphatic imine (C=N–C) groups is 1. The minimum absolute atomic E-state index is 0.228. The lowest BCUT2D eigenvalue weighted by Gasteiger charge is -2.18. The summed E-state index contributed by atoms with van der Waals surface area (Å²) in [4.78, 5) is 4.72. The minimum atomic E-state index is 0.228. The molecule has 8 heteroatoms. The van der Waals surface area contributed by atoms with Gasteiger partial charge < -0.3 is 16.2 Å². The summed E-state index contributed by atoms with van der Waals surface area (Å²) in [5.41, 5.74) is 12.9. The number of aryl methyl sites for hydroxylation is 1. The molecule has 1 aromatic carbocycles. The van der Waals surface area contributed by atoms with Gasteiger partial charge in [-0.05, 0) is 49.1 Å². The number of fused-ring (bicyclic) bond motifs is 1. The van der Waals surface area contributed by atoms with E-state index in [1.54, 1.807) is 30.6 Å². The van der Waals surface area contributed by atoms with Gasteiger partial charge in [0.25, 0.3) is 0 Å². The van der Waals surface area contributed by atoms with Crippen LogP contribution in [0.25, 0.3) is 16.6 Å². The van der Waals surface area contributed by atoms with Crippen LogP contribution in [-0.4, -0.2) is 36.8 Å². The fraction of sp³-hybridized carbons (Fsp3) is 0.292. The summed E-state index contributed by atoms with van der Waals surface area (Å²) in [5.74, 6) is 0.623. The molecule has 8 nitrogen and oxygen atoms in total. The summed E-state index contributed by atoms with van der Waals surface area (Å²) in [6.07, 6.45) is 12.9. The number of phenols is 1. The fourth-order valence-electron chi connectivity index (χ4n) is 4.40. The highest BCUT2D eigenvalue weighted by atomic mass is 16.3. The number of nitrogens with one attached hydrogen (secondary N) is 2. The van der Waals surface area contributed by atoms with Crippen LogP contribution >= 0.6 is 0 Å². The van der Waals surface area contributed by atoms with Crippen molar-refractivity contribution in [2.75, 3.05) is 5.32 Å². The van der Waals surface area contributed by atoms with Gasteiger partial charge in [-0.15, -0.1) is 0 Å². The Labute approximate surface area is 186 Å². The van der Waals surface area contributed by atoms with Gasteiger partial charge in [0, 0.05) is 29.6 Å². The first-order valence-electron chi connectivity index (χ1n) is 11.1. The molecular weight excluding hydrogens is 402 g/mol. The number of phenolic OH excluding ortho intramolecular Hbond substituents is 1. The zero-order valence-corrected chi connectivity index (χ0v) is 18.0. The molecule has 0 bridgehead atoms. The second kappa shape index (κ2) is 8.37. The number of aromatic hydroxyl groups is 1. The van der Waals surface area contributed by atoms with E-state index in [1.807, 2.05) is 23.8 Å². The first-order valence-corrected chi connectivity index (χ1v) is 11.1. The van der Waals surface area contributed by atoms with E-state index >= 15 is 0 Å². The van der Waals surface area contributed by atoms with Gasteiger partial charge in [0.05, 0.1) is 34.8 Å². The van der Waals surface area contributed by atoms with Crippen molar-refractivity contribution < 1.29 is 5.11 Å². The Morgan fingerprint density at radius 2 is 2.09 bits per heavy atom. The van der Waals surface area contributed by atoms with Crippen LogP contribution in [0.3, 0.4) is 0 Å². The molecule has 1 saturated carbocycles. The quantitative estimate of drug-likeness (QED) is 0.268. The van der Waals surface area contributed by atoms with Crippen molar-refractivity contribution in [2.45, 2.75) is 45.1 Å². The van der Waals surface area contributed by atoms with Gasteiger partial charge in [0.15, 0.2) is 0 Å². The normalized spacial score (nSPS) is 15.0. The number of aromatic amines is 1. The molecule has 1 aliphatic rings. The molecule has 3 heterocycles. The Bertz CT molecular complexity index is 1270. The number of nitrogens with zero attached hydrogens (tertiary/aromatic N) is 4. The van der Waals surface area contributed by atoms with Crippen LogP contribution in [0.2, 0.25) is 0 Å². The lowest BCUT2D eigenvalue weighted by Crippen LogP contribution is -2.22. The molecule has 0 atom stereocenters. The third-order valence-corrected chi connectivity index (χ3v) is 6.13. The molecule has 164 valence electrons. The predicted octanol–water partition coefficient (Wildman–Crippen LogP) is 4.38. The average molecular weight is 430 g/mol. The maximum Gasteiger partial charge on any atom is 0.135 e. The van der Waals surface area contributed by atoms with Crippen LogP contribution in [-0.2, 0) is 6.42 Å². The molecule has 4 aromatic rings. The van der Waals surface area contributed by atoms with E-state index < -0.39 is 0 Å². The van der Waals surface area contributed by atoms with Gasteiger partial charge in [-0.1, -0.05) is 19.8 Å². The van der Waals surface area contributed by atoms with Gasteiger partial charge in [0.1, 0.15) is 11.6 Å². The number of benzene rings is 1. The summed E-state index contributed by atoms with van der Waals surface area (Å²) >= 11 is 0. The van der Waals surface area contributed by atoms with E-state index in [0.717, 1.165) is 58.4 Å². The van der Waals surface area contributed by atoms with E-state index in [0.29, 0.717) is 11.9 Å². The zero-order valence-electron chi connectivity index (χ0n) is 18.0. The lowest BCUT2D eigenvalue weighted by molar-refractivity contribution is 0.474. The van der Waals surface area contributed by atoms with Gasteiger partial charge in [-0.3, -0.25) is 5.10 Å². The highest BCUT2D eigenvalue weighted by Gasteiger charge is 2.21. The van der Waals surface area contributed by atoms with Crippen LogP contribution in [0.15, 0.2) is 54.0 Å². The van der Waals surface area contributed by atoms with Crippen molar-refractivity contribution in [3.05, 3.63) is 60.2 Å². The highest BCUT2D eigenvalue weighted by molar-refractivity contribution is 6.06. The molecule has 5 N–H and O–H groups in total. The Hall–Kier alpha value is -3.81. The molecule has 3 aromatic heterocycles. The third kappa shape index (κ3) is 3.79. The lowest BCUT2D eigenvalue weighted by atomic mass is 10.1. The van der Waals surface area contributed by atoms with Crippen LogP contribution in [0.4, 0.5) is 11.4 Å². The van der Waals surface area contributed by atoms with Gasteiger partial charge in [0.2, 0.25) is 0 Å². The second-order valence-electron chi connectivity index (χ2n) is 8.27. The summed E-state index contributed by atoms with van der Waals surface area (Å²) in [5, 5.41) is 25.1. The number of rotatable bonds is 6. The van der Waals surface area contributed by atoms with Crippen LogP contribution < -0.4 is 11.1 Å². The summed E-state index contributed by atoms with van der Waals surface area (Å²) in [7, 11) is 0. The van der Waals surface area contributed by atoms with Crippen molar-refractivity contribution in [3.63, 3.8) is 0 Å². The Balaban J connectivity index is 1.62. The molecule has 5 rings (SSSR count). The summed E-state index contributed by atoms with van der Waals surface area (Å²) < 4.78 is 1.87. The molecule has 0 amide bonds. The van der Waals surface area contributed by atoms with Gasteiger partial charge in [-0.2, -0.15) is 10.2 Å². The number of aromatic nitrogens is 4. The predicted molar refractivity (Wildman–Crippen MR) is 127 cm³/mol. The Morgan fingerprint density at radius 3 is 2.84 bits per heavy atom. The van der Waals surface area contributed by atoms with E-state index in [9.17, 15) is 5.11 Å². The fourth-order valence-corrected chi connectivity index (χ4v) is 4.40. The number of hydrogen-bond acceptors (Lipinski definition) is 5. The van der Waals surface area contributed by atoms with Gasteiger partial charge >= 0.3 is 0 Å². The number of anilines is 1. The van der Waals surface area contributed by atoms with E-state index in [1.165, 1.54) is 12.8 Å². The topological polar surface area (TPSA) is 117 Å². The summed E-state index contributed by atoms with van der Waals surface area (Å²) in [6.45, 7) is 2.03. The molecular formula is C24H27N7O. The first-order chi connectivity index (χ1) is 15.6. The smallest absolute Gasteiger partial charge is 0.135 e. The van der Waals surface area contributed by atoms with Crippen LogP contribution in [0.5, 0.6) is 5.75 Å². The zero-order chi connectivity index (χ0) is 22.1. The maximum atomic E-state index is 9.81. The molecule has 0 aliphatic heterocycles. The molecule has 0 spiro atoms. The molecule has 1 fully saturated rings. The molecule has 32 heavy (non-hydrogen) atoms. The first kappa shape index (κ1) is 20.1. The maximum absolute atomic E-state index is 9.81. The van der Waals surface area contributed by atoms with E-state index in [4.69, 9.17) is 10.7 Å². The molecule has 0 radical (unpaired) electrons. The number of amidine groups is 1. The number of hydrogen-bond donors (Lipinski definition) is 4. The van der Waals surface area contributed by atoms with Gasteiger partial charge in [-0.25, -0.2) is 9.51 Å². The molecule has 0 unspecified atom stereocenters. The van der Waals surface area contributed by atoms with Crippen LogP contribution in [0.1, 0.15) is 43.7 Å². The number of H-pyrrole nitrogens is 1. The molecule has 1 aliphatic carbocycles. The van der Waals surface area contributed by atoms with E-state index in [2.05, 4.69) is 26.7 Å². The standard InChI is InChI=1S/C24H27N7O/c1-2-15-9-19(32)7-8-21(15)30-24(25)20-13-28-31-14-16(17-11-26-27-12-17)10-22(31)23(20)29-18-5-3-4-6-18/h7-14,18,29,32H,2-6H2,1H3,(H2,25,30)(H,26,27). The Morgan fingerprint density at radius 1 is 1.25 bits per heavy atom. The van der Waals surface area contributed by atoms with Crippen molar-refractivity contribution in [3.8, 4) is 16.9 Å². The van der Waals surface area contributed by atoms with Crippen molar-refractivity contribution in [2.24, 2.45) is 10.7 Å². The monoisotopic (exact) mass is 429 g/mol. The molecule has 0 saturated heterocycles. The van der Waals surface area contributed by atoms with Crippen LogP contribution in [0, 0.1) is 0 Å². The average Bonchev–Trinajstić information content (AvgIpc) is 3.56. The highest BCUT2D eigenvalue weighted by Crippen LogP contribution is 2.32. The number of nitrogens with two attached hydrogens (primary N) is 1. The van der Waals surface area contributed by atoms with Crippen molar-refractivity contribution in [1.82, 2.24) is 19.8 Å². The minimum Gasteiger partial charge on any atom is -0.508 e. The largest absolute Gasteiger partial charge is 0.508 e. The van der Waals surface area contributed by atoms with E-state index in [-0.39, 0.29) is 5.75 Å².